The van der Waals surface area contributed by atoms with Crippen LogP contribution < -0.4 is 10.7 Å². The molecule has 0 radical (unpaired) electrons. The highest BCUT2D eigenvalue weighted by atomic mass is 32.2. The molecule has 2 saturated heterocycles. The Morgan fingerprint density at radius 2 is 1.97 bits per heavy atom. The van der Waals surface area contributed by atoms with Crippen molar-refractivity contribution < 1.29 is 46.7 Å². The van der Waals surface area contributed by atoms with Crippen molar-refractivity contribution in [1.29, 1.82) is 0 Å². The second-order valence-electron chi connectivity index (χ2n) is 9.03. The largest absolute Gasteiger partial charge is 0.437 e. The highest BCUT2D eigenvalue weighted by Crippen LogP contribution is 2.25. The topological polar surface area (TPSA) is 181 Å². The summed E-state index contributed by atoms with van der Waals surface area (Å²) in [4.78, 5) is 38.0. The van der Waals surface area contributed by atoms with Gasteiger partial charge in [-0.25, -0.2) is 15.2 Å². The van der Waals surface area contributed by atoms with Gasteiger partial charge in [0.1, 0.15) is 6.79 Å². The fraction of sp³-hybridized carbons (Fsp3) is 0.850. The fourth-order valence-corrected chi connectivity index (χ4v) is 4.41. The second kappa shape index (κ2) is 12.1. The normalized spacial score (nSPS) is 22.1. The average Bonchev–Trinajstić information content (AvgIpc) is 3.18. The zero-order valence-corrected chi connectivity index (χ0v) is 20.5. The quantitative estimate of drug-likeness (QED) is 0.234. The van der Waals surface area contributed by atoms with Gasteiger partial charge < -0.3 is 24.6 Å². The number of carbonyl (C=O) groups excluding carboxylic acids is 3. The smallest absolute Gasteiger partial charge is 0.426 e. The Kier molecular flexibility index (Phi) is 10.1. The first-order valence-corrected chi connectivity index (χ1v) is 12.8. The molecule has 34 heavy (non-hydrogen) atoms. The van der Waals surface area contributed by atoms with E-state index in [9.17, 15) is 32.5 Å². The maximum atomic E-state index is 13.1. The standard InChI is InChI=1S/C20H35N3O10S/c1-4-20(10-31-12-32-11-20)33-19(27)22-23(16(24)6-5-13(2)3)15(18(26)34(28,29)30)9-14-7-8-21-17(14)25/h13-15,18,26H,4-12H2,1-3H3,(H,21,25)(H,22,27)(H,28,29,30)/t14?,15-,18?/m0/s1. The summed E-state index contributed by atoms with van der Waals surface area (Å²) in [6, 6.07) is -1.65. The van der Waals surface area contributed by atoms with Crippen LogP contribution in [0.2, 0.25) is 0 Å². The van der Waals surface area contributed by atoms with E-state index < -0.39 is 45.1 Å². The molecule has 3 amide bonds. The molecule has 0 aromatic heterocycles. The minimum atomic E-state index is -5.05. The van der Waals surface area contributed by atoms with Crippen molar-refractivity contribution in [2.75, 3.05) is 26.6 Å². The summed E-state index contributed by atoms with van der Waals surface area (Å²) in [5, 5.41) is 13.7. The van der Waals surface area contributed by atoms with Gasteiger partial charge in [-0.15, -0.1) is 0 Å². The Balaban J connectivity index is 2.32. The van der Waals surface area contributed by atoms with Gasteiger partial charge in [0.15, 0.2) is 5.60 Å². The van der Waals surface area contributed by atoms with E-state index in [1.807, 2.05) is 13.8 Å². The van der Waals surface area contributed by atoms with Crippen LogP contribution in [0.15, 0.2) is 0 Å². The summed E-state index contributed by atoms with van der Waals surface area (Å²) in [7, 11) is -5.05. The van der Waals surface area contributed by atoms with E-state index in [0.29, 0.717) is 30.8 Å². The number of amides is 3. The van der Waals surface area contributed by atoms with E-state index in [-0.39, 0.29) is 44.7 Å². The Hall–Kier alpha value is -2.00. The Morgan fingerprint density at radius 3 is 2.47 bits per heavy atom. The molecule has 0 aliphatic carbocycles. The van der Waals surface area contributed by atoms with Crippen LogP contribution in [0.3, 0.4) is 0 Å². The highest BCUT2D eigenvalue weighted by Gasteiger charge is 2.43. The van der Waals surface area contributed by atoms with Gasteiger partial charge in [-0.05, 0) is 31.6 Å². The SMILES string of the molecule is CCC1(OC(=O)NN(C(=O)CCC(C)C)[C@@H](CC2CCNC2=O)C(O)S(=O)(=O)O)COCOC1. The maximum absolute atomic E-state index is 13.1. The van der Waals surface area contributed by atoms with Crippen molar-refractivity contribution in [2.45, 2.75) is 70.0 Å². The second-order valence-corrected chi connectivity index (χ2v) is 10.5. The lowest BCUT2D eigenvalue weighted by Crippen LogP contribution is -2.60. The molecular weight excluding hydrogens is 474 g/mol. The van der Waals surface area contributed by atoms with E-state index in [0.717, 1.165) is 0 Å². The first kappa shape index (κ1) is 28.2. The zero-order valence-electron chi connectivity index (χ0n) is 19.7. The third-order valence-electron chi connectivity index (χ3n) is 5.92. The molecule has 2 rings (SSSR count). The van der Waals surface area contributed by atoms with E-state index in [1.54, 1.807) is 6.92 Å². The molecule has 3 atom stereocenters. The number of hydrazine groups is 1. The lowest BCUT2D eigenvalue weighted by molar-refractivity contribution is -0.201. The van der Waals surface area contributed by atoms with Gasteiger partial charge in [-0.1, -0.05) is 20.8 Å². The lowest BCUT2D eigenvalue weighted by Gasteiger charge is -2.38. The summed E-state index contributed by atoms with van der Waals surface area (Å²) in [5.41, 5.74) is -1.36. The number of hydrogen-bond donors (Lipinski definition) is 4. The molecule has 0 bridgehead atoms. The van der Waals surface area contributed by atoms with Crippen LogP contribution in [-0.2, 0) is 33.9 Å². The van der Waals surface area contributed by atoms with Crippen LogP contribution >= 0.6 is 0 Å². The number of nitrogens with one attached hydrogen (secondary N) is 2. The highest BCUT2D eigenvalue weighted by molar-refractivity contribution is 7.86. The molecule has 0 aromatic carbocycles. The molecule has 0 spiro atoms. The van der Waals surface area contributed by atoms with Crippen LogP contribution in [0.4, 0.5) is 4.79 Å². The Bertz CT molecular complexity index is 828. The van der Waals surface area contributed by atoms with Gasteiger partial charge in [-0.2, -0.15) is 8.42 Å². The molecular formula is C20H35N3O10S. The van der Waals surface area contributed by atoms with Crippen molar-refractivity contribution in [3.63, 3.8) is 0 Å². The van der Waals surface area contributed by atoms with Gasteiger partial charge in [0, 0.05) is 18.9 Å². The number of carbonyl (C=O) groups is 3. The summed E-state index contributed by atoms with van der Waals surface area (Å²) < 4.78 is 49.1. The third-order valence-corrected chi connectivity index (χ3v) is 6.85. The van der Waals surface area contributed by atoms with Crippen LogP contribution in [0.25, 0.3) is 0 Å². The third kappa shape index (κ3) is 7.77. The molecule has 2 unspecified atom stereocenters. The molecule has 2 fully saturated rings. The molecule has 0 saturated carbocycles. The average molecular weight is 510 g/mol. The van der Waals surface area contributed by atoms with E-state index in [2.05, 4.69) is 10.7 Å². The molecule has 196 valence electrons. The molecule has 2 aliphatic rings. The van der Waals surface area contributed by atoms with Gasteiger partial charge in [0.2, 0.25) is 17.3 Å². The van der Waals surface area contributed by atoms with Crippen molar-refractivity contribution in [2.24, 2.45) is 11.8 Å². The van der Waals surface area contributed by atoms with Gasteiger partial charge >= 0.3 is 6.09 Å². The number of aliphatic hydroxyl groups is 1. The summed E-state index contributed by atoms with van der Waals surface area (Å²) in [6.45, 7) is 5.99. The van der Waals surface area contributed by atoms with Crippen LogP contribution in [-0.4, -0.2) is 84.6 Å². The van der Waals surface area contributed by atoms with Crippen LogP contribution in [0.5, 0.6) is 0 Å². The van der Waals surface area contributed by atoms with Crippen LogP contribution in [0, 0.1) is 11.8 Å². The first-order chi connectivity index (χ1) is 15.9. The van der Waals surface area contributed by atoms with Crippen molar-refractivity contribution in [1.82, 2.24) is 15.8 Å². The number of ether oxygens (including phenoxy) is 3. The molecule has 14 heteroatoms. The Morgan fingerprint density at radius 1 is 1.32 bits per heavy atom. The Labute approximate surface area is 199 Å². The van der Waals surface area contributed by atoms with E-state index in [4.69, 9.17) is 14.2 Å². The first-order valence-electron chi connectivity index (χ1n) is 11.3. The predicted octanol–water partition coefficient (Wildman–Crippen LogP) is 0.147. The number of hydrogen-bond acceptors (Lipinski definition) is 9. The number of nitrogens with zero attached hydrogens (tertiary/aromatic N) is 1. The minimum absolute atomic E-state index is 0.0403. The summed E-state index contributed by atoms with van der Waals surface area (Å²) >= 11 is 0. The van der Waals surface area contributed by atoms with Gasteiger partial charge in [0.05, 0.1) is 19.3 Å². The van der Waals surface area contributed by atoms with Gasteiger partial charge in [-0.3, -0.25) is 14.1 Å². The molecule has 0 aromatic rings. The minimum Gasteiger partial charge on any atom is -0.437 e. The van der Waals surface area contributed by atoms with E-state index in [1.165, 1.54) is 0 Å². The number of rotatable bonds is 10. The summed E-state index contributed by atoms with van der Waals surface area (Å²) in [5.74, 6) is -1.71. The van der Waals surface area contributed by atoms with Crippen molar-refractivity contribution >= 4 is 28.0 Å². The van der Waals surface area contributed by atoms with Gasteiger partial charge in [0.25, 0.3) is 10.1 Å². The molecule has 4 N–H and O–H groups in total. The van der Waals surface area contributed by atoms with Crippen molar-refractivity contribution in [3.05, 3.63) is 0 Å². The maximum Gasteiger partial charge on any atom is 0.426 e. The monoisotopic (exact) mass is 509 g/mol. The molecule has 2 heterocycles. The molecule has 2 aliphatic heterocycles. The number of aliphatic hydroxyl groups excluding tert-OH is 1. The predicted molar refractivity (Wildman–Crippen MR) is 117 cm³/mol. The van der Waals surface area contributed by atoms with Crippen molar-refractivity contribution in [3.8, 4) is 0 Å². The zero-order chi connectivity index (χ0) is 25.5. The lowest BCUT2D eigenvalue weighted by atomic mass is 9.97. The summed E-state index contributed by atoms with van der Waals surface area (Å²) in [6.07, 6.45) is -0.427. The fourth-order valence-electron chi connectivity index (χ4n) is 3.78. The molecule has 13 nitrogen and oxygen atoms in total. The van der Waals surface area contributed by atoms with Crippen LogP contribution in [0.1, 0.15) is 52.9 Å². The van der Waals surface area contributed by atoms with E-state index >= 15 is 0 Å².